The van der Waals surface area contributed by atoms with E-state index < -0.39 is 17.7 Å². The standard InChI is InChI=1S/C20H21NO6/c1-12-8-9-15(27-12)17-16(19(23)20(24)21(17)10-11-25-2)18(22)13-6-4-5-7-14(13)26-3/h4-9,17,22H,10-11H2,1-3H3/b18-16-. The Morgan fingerprint density at radius 1 is 1.19 bits per heavy atom. The number of Topliss-reactive ketones (excluding diaryl/α,β-unsaturated/α-hetero) is 1. The van der Waals surface area contributed by atoms with Crippen molar-refractivity contribution >= 4 is 17.4 Å². The van der Waals surface area contributed by atoms with Gasteiger partial charge < -0.3 is 23.9 Å². The largest absolute Gasteiger partial charge is 0.507 e. The molecule has 27 heavy (non-hydrogen) atoms. The van der Waals surface area contributed by atoms with Gasteiger partial charge in [0.1, 0.15) is 29.1 Å². The summed E-state index contributed by atoms with van der Waals surface area (Å²) in [6, 6.07) is 9.36. The Kier molecular flexibility index (Phi) is 5.32. The van der Waals surface area contributed by atoms with E-state index in [0.29, 0.717) is 22.8 Å². The van der Waals surface area contributed by atoms with E-state index in [2.05, 4.69) is 0 Å². The number of methoxy groups -OCH3 is 2. The molecule has 1 amide bonds. The molecule has 1 aliphatic heterocycles. The molecule has 7 nitrogen and oxygen atoms in total. The van der Waals surface area contributed by atoms with Crippen LogP contribution in [-0.2, 0) is 14.3 Å². The predicted octanol–water partition coefficient (Wildman–Crippen LogP) is 2.66. The number of benzene rings is 1. The van der Waals surface area contributed by atoms with Gasteiger partial charge in [-0.15, -0.1) is 0 Å². The van der Waals surface area contributed by atoms with Gasteiger partial charge in [0.25, 0.3) is 11.7 Å². The lowest BCUT2D eigenvalue weighted by Crippen LogP contribution is -2.32. The number of carbonyl (C=O) groups is 2. The average molecular weight is 371 g/mol. The molecule has 7 heteroatoms. The SMILES string of the molecule is COCCN1C(=O)C(=O)/C(=C(\O)c2ccccc2OC)C1c1ccc(C)o1. The minimum absolute atomic E-state index is 0.0325. The van der Waals surface area contributed by atoms with E-state index in [-0.39, 0.29) is 24.5 Å². The Morgan fingerprint density at radius 3 is 2.56 bits per heavy atom. The lowest BCUT2D eigenvalue weighted by molar-refractivity contribution is -0.140. The van der Waals surface area contributed by atoms with Crippen LogP contribution in [0, 0.1) is 6.92 Å². The van der Waals surface area contributed by atoms with Crippen LogP contribution in [0.5, 0.6) is 5.75 Å². The van der Waals surface area contributed by atoms with E-state index >= 15 is 0 Å². The first kappa shape index (κ1) is 18.7. The Bertz CT molecular complexity index is 897. The second-order valence-corrected chi connectivity index (χ2v) is 6.13. The van der Waals surface area contributed by atoms with Crippen molar-refractivity contribution in [3.63, 3.8) is 0 Å². The van der Waals surface area contributed by atoms with Crippen molar-refractivity contribution in [1.29, 1.82) is 0 Å². The number of hydrogen-bond donors (Lipinski definition) is 1. The van der Waals surface area contributed by atoms with Gasteiger partial charge in [0.2, 0.25) is 0 Å². The minimum Gasteiger partial charge on any atom is -0.507 e. The number of nitrogens with zero attached hydrogens (tertiary/aromatic N) is 1. The topological polar surface area (TPSA) is 89.2 Å². The zero-order valence-electron chi connectivity index (χ0n) is 15.4. The quantitative estimate of drug-likeness (QED) is 0.477. The highest BCUT2D eigenvalue weighted by molar-refractivity contribution is 6.46. The van der Waals surface area contributed by atoms with E-state index in [1.54, 1.807) is 43.3 Å². The Morgan fingerprint density at radius 2 is 1.93 bits per heavy atom. The van der Waals surface area contributed by atoms with Gasteiger partial charge in [0.05, 0.1) is 24.9 Å². The van der Waals surface area contributed by atoms with Gasteiger partial charge in [0.15, 0.2) is 0 Å². The molecule has 0 aliphatic carbocycles. The molecule has 0 saturated carbocycles. The van der Waals surface area contributed by atoms with E-state index in [0.717, 1.165) is 0 Å². The van der Waals surface area contributed by atoms with Crippen molar-refractivity contribution < 1.29 is 28.6 Å². The first-order valence-electron chi connectivity index (χ1n) is 8.46. The number of rotatable bonds is 6. The molecule has 1 aliphatic rings. The summed E-state index contributed by atoms with van der Waals surface area (Å²) >= 11 is 0. The van der Waals surface area contributed by atoms with Crippen LogP contribution in [-0.4, -0.2) is 49.1 Å². The summed E-state index contributed by atoms with van der Waals surface area (Å²) in [6.45, 7) is 2.21. The Balaban J connectivity index is 2.18. The molecule has 1 unspecified atom stereocenters. The molecular weight excluding hydrogens is 350 g/mol. The number of aliphatic hydroxyl groups is 1. The summed E-state index contributed by atoms with van der Waals surface area (Å²) in [5, 5.41) is 10.9. The van der Waals surface area contributed by atoms with Gasteiger partial charge in [0, 0.05) is 13.7 Å². The maximum atomic E-state index is 12.8. The van der Waals surface area contributed by atoms with Crippen molar-refractivity contribution in [1.82, 2.24) is 4.90 Å². The molecule has 142 valence electrons. The number of carbonyl (C=O) groups excluding carboxylic acids is 2. The highest BCUT2D eigenvalue weighted by atomic mass is 16.5. The molecule has 1 saturated heterocycles. The number of hydrogen-bond acceptors (Lipinski definition) is 6. The molecule has 0 bridgehead atoms. The van der Waals surface area contributed by atoms with Crippen molar-refractivity contribution in [3.05, 3.63) is 59.1 Å². The van der Waals surface area contributed by atoms with Crippen LogP contribution in [0.15, 0.2) is 46.4 Å². The number of furan rings is 1. The van der Waals surface area contributed by atoms with Gasteiger partial charge in [-0.05, 0) is 31.2 Å². The fraction of sp³-hybridized carbons (Fsp3) is 0.300. The number of ether oxygens (including phenoxy) is 2. The minimum atomic E-state index is -0.834. The molecule has 1 aromatic carbocycles. The summed E-state index contributed by atoms with van der Waals surface area (Å²) < 4.78 is 16.0. The molecular formula is C20H21NO6. The number of amides is 1. The van der Waals surface area contributed by atoms with Crippen molar-refractivity contribution in [3.8, 4) is 5.75 Å². The summed E-state index contributed by atoms with van der Waals surface area (Å²) in [5.41, 5.74) is 0.299. The fourth-order valence-corrected chi connectivity index (χ4v) is 3.18. The summed E-state index contributed by atoms with van der Waals surface area (Å²) in [6.07, 6.45) is 0. The lowest BCUT2D eigenvalue weighted by atomic mass is 9.99. The van der Waals surface area contributed by atoms with Gasteiger partial charge in [-0.1, -0.05) is 12.1 Å². The van der Waals surface area contributed by atoms with E-state index in [9.17, 15) is 14.7 Å². The molecule has 1 atom stereocenters. The van der Waals surface area contributed by atoms with Gasteiger partial charge in [-0.3, -0.25) is 9.59 Å². The predicted molar refractivity (Wildman–Crippen MR) is 97.3 cm³/mol. The van der Waals surface area contributed by atoms with Crippen LogP contribution >= 0.6 is 0 Å². The van der Waals surface area contributed by atoms with Gasteiger partial charge in [-0.2, -0.15) is 0 Å². The third-order valence-corrected chi connectivity index (χ3v) is 4.47. The van der Waals surface area contributed by atoms with E-state index in [4.69, 9.17) is 13.9 Å². The number of likely N-dealkylation sites (tertiary alicyclic amines) is 1. The highest BCUT2D eigenvalue weighted by Crippen LogP contribution is 2.41. The molecule has 1 aromatic heterocycles. The zero-order valence-corrected chi connectivity index (χ0v) is 15.4. The Labute approximate surface area is 156 Å². The van der Waals surface area contributed by atoms with Crippen LogP contribution in [0.4, 0.5) is 0 Å². The summed E-state index contributed by atoms with van der Waals surface area (Å²) in [4.78, 5) is 26.7. The monoisotopic (exact) mass is 371 g/mol. The third-order valence-electron chi connectivity index (χ3n) is 4.47. The van der Waals surface area contributed by atoms with Crippen molar-refractivity contribution in [2.75, 3.05) is 27.4 Å². The maximum Gasteiger partial charge on any atom is 0.295 e. The maximum absolute atomic E-state index is 12.8. The van der Waals surface area contributed by atoms with Crippen LogP contribution in [0.1, 0.15) is 23.1 Å². The second kappa shape index (κ2) is 7.67. The van der Waals surface area contributed by atoms with Crippen LogP contribution in [0.3, 0.4) is 0 Å². The fourth-order valence-electron chi connectivity index (χ4n) is 3.18. The van der Waals surface area contributed by atoms with Crippen LogP contribution in [0.2, 0.25) is 0 Å². The van der Waals surface area contributed by atoms with Crippen LogP contribution < -0.4 is 4.74 Å². The Hall–Kier alpha value is -3.06. The summed E-state index contributed by atoms with van der Waals surface area (Å²) in [5.74, 6) is -0.341. The second-order valence-electron chi connectivity index (χ2n) is 6.13. The zero-order chi connectivity index (χ0) is 19.6. The first-order valence-corrected chi connectivity index (χ1v) is 8.46. The molecule has 2 heterocycles. The molecule has 2 aromatic rings. The van der Waals surface area contributed by atoms with Crippen molar-refractivity contribution in [2.24, 2.45) is 0 Å². The van der Waals surface area contributed by atoms with Crippen molar-refractivity contribution in [2.45, 2.75) is 13.0 Å². The molecule has 1 fully saturated rings. The number of aliphatic hydroxyl groups excluding tert-OH is 1. The molecule has 0 radical (unpaired) electrons. The number of aryl methyl sites for hydroxylation is 1. The highest BCUT2D eigenvalue weighted by Gasteiger charge is 2.47. The molecule has 3 rings (SSSR count). The summed E-state index contributed by atoms with van der Waals surface area (Å²) in [7, 11) is 2.98. The normalized spacial score (nSPS) is 18.9. The lowest BCUT2D eigenvalue weighted by Gasteiger charge is -2.23. The molecule has 0 spiro atoms. The van der Waals surface area contributed by atoms with Crippen LogP contribution in [0.25, 0.3) is 5.76 Å². The smallest absolute Gasteiger partial charge is 0.295 e. The molecule has 1 N–H and O–H groups in total. The van der Waals surface area contributed by atoms with E-state index in [1.807, 2.05) is 0 Å². The number of ketones is 1. The third kappa shape index (κ3) is 3.33. The average Bonchev–Trinajstić information content (AvgIpc) is 3.21. The number of para-hydroxylation sites is 1. The van der Waals surface area contributed by atoms with Gasteiger partial charge >= 0.3 is 0 Å². The van der Waals surface area contributed by atoms with Gasteiger partial charge in [-0.25, -0.2) is 0 Å². The first-order chi connectivity index (χ1) is 13.0. The van der Waals surface area contributed by atoms with E-state index in [1.165, 1.54) is 19.1 Å².